The Morgan fingerprint density at radius 3 is 2.48 bits per heavy atom. The van der Waals surface area contributed by atoms with Crippen LogP contribution in [-0.2, 0) is 14.4 Å². The first-order valence-corrected chi connectivity index (χ1v) is 5.79. The number of amides is 4. The van der Waals surface area contributed by atoms with Crippen LogP contribution in [-0.4, -0.2) is 35.5 Å². The Labute approximate surface area is 118 Å². The van der Waals surface area contributed by atoms with E-state index < -0.39 is 30.4 Å². The van der Waals surface area contributed by atoms with Crippen LogP contribution in [0.3, 0.4) is 0 Å². The Hall–Kier alpha value is -3.16. The molecule has 108 valence electrons. The molecule has 1 aliphatic heterocycles. The van der Waals surface area contributed by atoms with Gasteiger partial charge >= 0.3 is 12.0 Å². The molecule has 1 fully saturated rings. The molecule has 0 saturated carbocycles. The van der Waals surface area contributed by atoms with Gasteiger partial charge in [-0.1, -0.05) is 12.1 Å². The van der Waals surface area contributed by atoms with Crippen LogP contribution in [0.25, 0.3) is 6.08 Å². The van der Waals surface area contributed by atoms with Gasteiger partial charge in [-0.15, -0.1) is 0 Å². The minimum absolute atomic E-state index is 0.231. The molecule has 4 amide bonds. The van der Waals surface area contributed by atoms with Crippen molar-refractivity contribution in [1.29, 1.82) is 0 Å². The zero-order valence-corrected chi connectivity index (χ0v) is 10.6. The van der Waals surface area contributed by atoms with E-state index in [1.54, 1.807) is 12.1 Å². The number of carbonyl (C=O) groups is 4. The summed E-state index contributed by atoms with van der Waals surface area (Å²) >= 11 is 0. The topological polar surface area (TPSA) is 122 Å². The van der Waals surface area contributed by atoms with Gasteiger partial charge in [0, 0.05) is 0 Å². The number of rotatable bonds is 4. The maximum atomic E-state index is 11.5. The summed E-state index contributed by atoms with van der Waals surface area (Å²) in [5.74, 6) is -2.45. The fourth-order valence-corrected chi connectivity index (χ4v) is 1.61. The number of urea groups is 1. The summed E-state index contributed by atoms with van der Waals surface area (Å²) in [7, 11) is 0. The zero-order valence-electron chi connectivity index (χ0n) is 10.6. The molecule has 0 atom stereocenters. The summed E-state index contributed by atoms with van der Waals surface area (Å²) in [6.07, 6.45) is 1.27. The van der Waals surface area contributed by atoms with Crippen LogP contribution in [0.4, 0.5) is 4.79 Å². The van der Waals surface area contributed by atoms with E-state index in [1.807, 2.05) is 10.6 Å². The third-order valence-electron chi connectivity index (χ3n) is 2.47. The number of carbonyl (C=O) groups excluding carboxylic acids is 3. The minimum Gasteiger partial charge on any atom is -0.482 e. The molecule has 8 heteroatoms. The number of carboxylic acid groups (broad SMARTS) is 1. The van der Waals surface area contributed by atoms with E-state index in [0.29, 0.717) is 5.56 Å². The Bertz CT molecular complexity index is 642. The van der Waals surface area contributed by atoms with Crippen LogP contribution in [0.2, 0.25) is 0 Å². The molecule has 1 heterocycles. The summed E-state index contributed by atoms with van der Waals surface area (Å²) in [6, 6.07) is 5.30. The molecule has 1 aliphatic rings. The maximum absolute atomic E-state index is 11.5. The van der Waals surface area contributed by atoms with Crippen molar-refractivity contribution < 1.29 is 29.0 Å². The fraction of sp³-hybridized carbons (Fsp3) is 0.0769. The highest BCUT2D eigenvalue weighted by atomic mass is 16.5. The highest BCUT2D eigenvalue weighted by molar-refractivity contribution is 6.31. The van der Waals surface area contributed by atoms with Crippen molar-refractivity contribution >= 4 is 29.9 Å². The molecule has 8 nitrogen and oxygen atoms in total. The number of aliphatic carboxylic acids is 1. The lowest BCUT2D eigenvalue weighted by Gasteiger charge is -2.14. The lowest BCUT2D eigenvalue weighted by Crippen LogP contribution is -2.51. The van der Waals surface area contributed by atoms with Crippen LogP contribution in [0.15, 0.2) is 29.8 Å². The standard InChI is InChI=1S/C13H10N2O6/c16-10(17)6-21-8-3-1-2-7(4-8)5-9-11(18)14-13(20)15-12(9)19/h1-5H,6H2,(H,16,17)(H2,14,15,18,19,20). The first-order valence-electron chi connectivity index (χ1n) is 5.79. The Morgan fingerprint density at radius 2 is 1.86 bits per heavy atom. The monoisotopic (exact) mass is 290 g/mol. The van der Waals surface area contributed by atoms with Gasteiger partial charge in [0.25, 0.3) is 11.8 Å². The average Bonchev–Trinajstić information content (AvgIpc) is 2.41. The summed E-state index contributed by atoms with van der Waals surface area (Å²) < 4.78 is 4.98. The molecule has 1 aromatic rings. The maximum Gasteiger partial charge on any atom is 0.341 e. The van der Waals surface area contributed by atoms with Crippen molar-refractivity contribution in [2.24, 2.45) is 0 Å². The van der Waals surface area contributed by atoms with Gasteiger partial charge in [0.1, 0.15) is 11.3 Å². The van der Waals surface area contributed by atoms with E-state index in [-0.39, 0.29) is 11.3 Å². The second kappa shape index (κ2) is 5.87. The van der Waals surface area contributed by atoms with E-state index in [0.717, 1.165) is 0 Å². The Balaban J connectivity index is 2.22. The molecule has 1 saturated heterocycles. The summed E-state index contributed by atoms with van der Waals surface area (Å²) in [5, 5.41) is 12.4. The third-order valence-corrected chi connectivity index (χ3v) is 2.47. The SMILES string of the molecule is O=C(O)COc1cccc(C=C2C(=O)NC(=O)NC2=O)c1. The second-order valence-electron chi connectivity index (χ2n) is 4.05. The minimum atomic E-state index is -1.12. The molecular weight excluding hydrogens is 280 g/mol. The van der Waals surface area contributed by atoms with Crippen molar-refractivity contribution in [1.82, 2.24) is 10.6 Å². The van der Waals surface area contributed by atoms with Crippen molar-refractivity contribution in [2.75, 3.05) is 6.61 Å². The molecule has 0 spiro atoms. The number of nitrogens with one attached hydrogen (secondary N) is 2. The number of carboxylic acids is 1. The van der Waals surface area contributed by atoms with Crippen molar-refractivity contribution in [2.45, 2.75) is 0 Å². The molecule has 0 aromatic heterocycles. The van der Waals surface area contributed by atoms with Gasteiger partial charge < -0.3 is 9.84 Å². The quantitative estimate of drug-likeness (QED) is 0.526. The number of hydrogen-bond donors (Lipinski definition) is 3. The Morgan fingerprint density at radius 1 is 1.19 bits per heavy atom. The van der Waals surface area contributed by atoms with Crippen LogP contribution in [0, 0.1) is 0 Å². The first-order chi connectivity index (χ1) is 9.95. The number of benzene rings is 1. The van der Waals surface area contributed by atoms with E-state index in [2.05, 4.69) is 0 Å². The summed E-state index contributed by atoms with van der Waals surface area (Å²) in [6.45, 7) is -0.504. The van der Waals surface area contributed by atoms with Crippen molar-refractivity contribution in [3.05, 3.63) is 35.4 Å². The molecule has 0 aliphatic carbocycles. The molecular formula is C13H10N2O6. The van der Waals surface area contributed by atoms with Crippen molar-refractivity contribution in [3.63, 3.8) is 0 Å². The van der Waals surface area contributed by atoms with Gasteiger partial charge in [0.2, 0.25) is 0 Å². The predicted molar refractivity (Wildman–Crippen MR) is 69.2 cm³/mol. The molecule has 0 bridgehead atoms. The highest BCUT2D eigenvalue weighted by Gasteiger charge is 2.27. The summed E-state index contributed by atoms with van der Waals surface area (Å²) in [4.78, 5) is 44.4. The average molecular weight is 290 g/mol. The van der Waals surface area contributed by atoms with Gasteiger partial charge in [0.05, 0.1) is 0 Å². The number of ether oxygens (including phenoxy) is 1. The van der Waals surface area contributed by atoms with Gasteiger partial charge in [-0.3, -0.25) is 20.2 Å². The fourth-order valence-electron chi connectivity index (χ4n) is 1.61. The van der Waals surface area contributed by atoms with E-state index >= 15 is 0 Å². The Kier molecular flexibility index (Phi) is 3.98. The molecule has 0 unspecified atom stereocenters. The predicted octanol–water partition coefficient (Wildman–Crippen LogP) is -0.101. The van der Waals surface area contributed by atoms with Gasteiger partial charge in [-0.2, -0.15) is 0 Å². The molecule has 2 rings (SSSR count). The van der Waals surface area contributed by atoms with Crippen LogP contribution in [0.1, 0.15) is 5.56 Å². The van der Waals surface area contributed by atoms with Crippen LogP contribution < -0.4 is 15.4 Å². The highest BCUT2D eigenvalue weighted by Crippen LogP contribution is 2.16. The second-order valence-corrected chi connectivity index (χ2v) is 4.05. The van der Waals surface area contributed by atoms with Crippen LogP contribution in [0.5, 0.6) is 5.75 Å². The summed E-state index contributed by atoms with van der Waals surface area (Å²) in [5.41, 5.74) is 0.220. The number of hydrogen-bond acceptors (Lipinski definition) is 5. The lowest BCUT2D eigenvalue weighted by atomic mass is 10.1. The number of imide groups is 2. The smallest absolute Gasteiger partial charge is 0.341 e. The zero-order chi connectivity index (χ0) is 15.4. The lowest BCUT2D eigenvalue weighted by molar-refractivity contribution is -0.139. The molecule has 1 aromatic carbocycles. The molecule has 0 radical (unpaired) electrons. The molecule has 21 heavy (non-hydrogen) atoms. The van der Waals surface area contributed by atoms with Gasteiger partial charge in [-0.05, 0) is 23.8 Å². The van der Waals surface area contributed by atoms with E-state index in [9.17, 15) is 19.2 Å². The van der Waals surface area contributed by atoms with Gasteiger partial charge in [-0.25, -0.2) is 9.59 Å². The van der Waals surface area contributed by atoms with Crippen molar-refractivity contribution in [3.8, 4) is 5.75 Å². The normalized spacial score (nSPS) is 14.3. The number of barbiturate groups is 1. The van der Waals surface area contributed by atoms with Gasteiger partial charge in [0.15, 0.2) is 6.61 Å². The molecule has 3 N–H and O–H groups in total. The van der Waals surface area contributed by atoms with E-state index in [4.69, 9.17) is 9.84 Å². The van der Waals surface area contributed by atoms with E-state index in [1.165, 1.54) is 18.2 Å². The van der Waals surface area contributed by atoms with Crippen LogP contribution >= 0.6 is 0 Å². The first kappa shape index (κ1) is 14.3. The largest absolute Gasteiger partial charge is 0.482 e. The third kappa shape index (κ3) is 3.66.